The van der Waals surface area contributed by atoms with E-state index in [0.29, 0.717) is 11.7 Å². The number of benzene rings is 1. The topological polar surface area (TPSA) is 63.1 Å². The lowest BCUT2D eigenvalue weighted by Gasteiger charge is -2.22. The molecule has 0 radical (unpaired) electrons. The molecule has 1 aromatic carbocycles. The van der Waals surface area contributed by atoms with Crippen LogP contribution in [0, 0.1) is 6.92 Å². The van der Waals surface area contributed by atoms with E-state index in [0.717, 1.165) is 37.2 Å². The van der Waals surface area contributed by atoms with Gasteiger partial charge in [-0.15, -0.1) is 17.5 Å². The monoisotopic (exact) mass is 335 g/mol. The van der Waals surface area contributed by atoms with E-state index < -0.39 is 0 Å². The Hall–Kier alpha value is -1.92. The van der Waals surface area contributed by atoms with Crippen molar-refractivity contribution in [1.29, 1.82) is 0 Å². The Morgan fingerprint density at radius 3 is 2.78 bits per heavy atom. The Kier molecular flexibility index (Phi) is 5.74. The van der Waals surface area contributed by atoms with Crippen molar-refractivity contribution in [3.05, 3.63) is 41.7 Å². The maximum atomic E-state index is 12.6. The number of piperidine rings is 1. The molecule has 0 saturated carbocycles. The van der Waals surface area contributed by atoms with Crippen LogP contribution in [-0.2, 0) is 0 Å². The summed E-state index contributed by atoms with van der Waals surface area (Å²) < 4.78 is 1.83. The fraction of sp³-hybridized carbons (Fsp3) is 0.438. The molecule has 1 aliphatic heterocycles. The fourth-order valence-corrected chi connectivity index (χ4v) is 2.75. The Labute approximate surface area is 142 Å². The van der Waals surface area contributed by atoms with Crippen molar-refractivity contribution in [2.75, 3.05) is 25.0 Å². The summed E-state index contributed by atoms with van der Waals surface area (Å²) in [7, 11) is 1.76. The van der Waals surface area contributed by atoms with E-state index in [9.17, 15) is 4.79 Å². The van der Waals surface area contributed by atoms with Crippen LogP contribution in [0.5, 0.6) is 0 Å². The molecule has 2 aromatic rings. The minimum atomic E-state index is -0.134. The number of amides is 1. The Morgan fingerprint density at radius 1 is 1.35 bits per heavy atom. The smallest absolute Gasteiger partial charge is 0.280 e. The number of rotatable bonds is 3. The molecule has 0 unspecified atom stereocenters. The van der Waals surface area contributed by atoms with Crippen LogP contribution in [0.15, 0.2) is 30.5 Å². The summed E-state index contributed by atoms with van der Waals surface area (Å²) in [5.74, 6) is -0.134. The molecule has 1 aliphatic rings. The fourth-order valence-electron chi connectivity index (χ4n) is 2.75. The zero-order valence-corrected chi connectivity index (χ0v) is 14.2. The van der Waals surface area contributed by atoms with Crippen molar-refractivity contribution >= 4 is 24.0 Å². The summed E-state index contributed by atoms with van der Waals surface area (Å²) in [4.78, 5) is 14.2. The standard InChI is InChI=1S/C16H21N5O.ClH/c1-12-4-3-5-14(10-12)20(2)16(22)15-11-21(19-18-15)13-6-8-17-9-7-13;/h3-5,10-11,13,17H,6-9H2,1-2H3;1H. The van der Waals surface area contributed by atoms with Gasteiger partial charge in [0.1, 0.15) is 0 Å². The minimum absolute atomic E-state index is 0. The molecule has 0 aliphatic carbocycles. The number of anilines is 1. The number of hydrogen-bond donors (Lipinski definition) is 1. The first-order chi connectivity index (χ1) is 10.6. The predicted molar refractivity (Wildman–Crippen MR) is 92.3 cm³/mol. The predicted octanol–water partition coefficient (Wildman–Crippen LogP) is 2.21. The molecule has 0 bridgehead atoms. The van der Waals surface area contributed by atoms with Crippen LogP contribution < -0.4 is 10.2 Å². The summed E-state index contributed by atoms with van der Waals surface area (Å²) in [5, 5.41) is 11.5. The highest BCUT2D eigenvalue weighted by Crippen LogP contribution is 2.19. The van der Waals surface area contributed by atoms with E-state index >= 15 is 0 Å². The number of carbonyl (C=O) groups is 1. The van der Waals surface area contributed by atoms with E-state index in [-0.39, 0.29) is 18.3 Å². The average Bonchev–Trinajstić information content (AvgIpc) is 3.04. The molecule has 7 heteroatoms. The summed E-state index contributed by atoms with van der Waals surface area (Å²) in [5.41, 5.74) is 2.37. The van der Waals surface area contributed by atoms with Crippen molar-refractivity contribution in [1.82, 2.24) is 20.3 Å². The lowest BCUT2D eigenvalue weighted by molar-refractivity contribution is 0.0988. The van der Waals surface area contributed by atoms with Gasteiger partial charge in [-0.25, -0.2) is 4.68 Å². The van der Waals surface area contributed by atoms with Gasteiger partial charge < -0.3 is 10.2 Å². The van der Waals surface area contributed by atoms with Gasteiger partial charge in [-0.2, -0.15) is 0 Å². The lowest BCUT2D eigenvalue weighted by atomic mass is 10.1. The first kappa shape index (κ1) is 17.4. The quantitative estimate of drug-likeness (QED) is 0.934. The molecule has 124 valence electrons. The molecule has 3 rings (SSSR count). The van der Waals surface area contributed by atoms with Crippen LogP contribution in [-0.4, -0.2) is 41.0 Å². The van der Waals surface area contributed by atoms with Crippen molar-refractivity contribution < 1.29 is 4.79 Å². The van der Waals surface area contributed by atoms with Gasteiger partial charge in [0, 0.05) is 12.7 Å². The van der Waals surface area contributed by atoms with Crippen LogP contribution in [0.4, 0.5) is 5.69 Å². The van der Waals surface area contributed by atoms with Gasteiger partial charge >= 0.3 is 0 Å². The molecular formula is C16H22ClN5O. The molecule has 0 atom stereocenters. The molecule has 1 aromatic heterocycles. The zero-order chi connectivity index (χ0) is 15.5. The number of hydrogen-bond acceptors (Lipinski definition) is 4. The highest BCUT2D eigenvalue weighted by atomic mass is 35.5. The van der Waals surface area contributed by atoms with Crippen molar-refractivity contribution in [3.63, 3.8) is 0 Å². The SMILES string of the molecule is Cc1cccc(N(C)C(=O)c2cn(C3CCNCC3)nn2)c1.Cl. The first-order valence-electron chi connectivity index (χ1n) is 7.62. The highest BCUT2D eigenvalue weighted by molar-refractivity contribution is 6.04. The summed E-state index contributed by atoms with van der Waals surface area (Å²) in [6.45, 7) is 3.98. The van der Waals surface area contributed by atoms with E-state index in [4.69, 9.17) is 0 Å². The zero-order valence-electron chi connectivity index (χ0n) is 13.4. The second-order valence-corrected chi connectivity index (χ2v) is 5.77. The molecule has 2 heterocycles. The number of aromatic nitrogens is 3. The molecular weight excluding hydrogens is 314 g/mol. The van der Waals surface area contributed by atoms with Crippen molar-refractivity contribution in [2.45, 2.75) is 25.8 Å². The summed E-state index contributed by atoms with van der Waals surface area (Å²) in [6, 6.07) is 8.19. The molecule has 1 N–H and O–H groups in total. The van der Waals surface area contributed by atoms with E-state index in [1.165, 1.54) is 0 Å². The second-order valence-electron chi connectivity index (χ2n) is 5.77. The van der Waals surface area contributed by atoms with E-state index in [2.05, 4.69) is 15.6 Å². The Morgan fingerprint density at radius 2 is 2.09 bits per heavy atom. The molecule has 1 amide bonds. The molecule has 6 nitrogen and oxygen atoms in total. The van der Waals surface area contributed by atoms with Crippen LogP contribution >= 0.6 is 12.4 Å². The van der Waals surface area contributed by atoms with Crippen LogP contribution in [0.25, 0.3) is 0 Å². The minimum Gasteiger partial charge on any atom is -0.317 e. The van der Waals surface area contributed by atoms with Gasteiger partial charge in [0.25, 0.3) is 5.91 Å². The summed E-state index contributed by atoms with van der Waals surface area (Å²) >= 11 is 0. The third-order valence-electron chi connectivity index (χ3n) is 4.11. The second kappa shape index (κ2) is 7.57. The van der Waals surface area contributed by atoms with Crippen LogP contribution in [0.1, 0.15) is 34.9 Å². The number of carbonyl (C=O) groups excluding carboxylic acids is 1. The number of halogens is 1. The molecule has 23 heavy (non-hydrogen) atoms. The first-order valence-corrected chi connectivity index (χ1v) is 7.62. The third-order valence-corrected chi connectivity index (χ3v) is 4.11. The van der Waals surface area contributed by atoms with Gasteiger partial charge in [0.15, 0.2) is 5.69 Å². The van der Waals surface area contributed by atoms with Gasteiger partial charge in [-0.1, -0.05) is 17.3 Å². The molecule has 0 spiro atoms. The van der Waals surface area contributed by atoms with Crippen molar-refractivity contribution in [2.24, 2.45) is 0 Å². The highest BCUT2D eigenvalue weighted by Gasteiger charge is 2.21. The number of nitrogens with zero attached hydrogens (tertiary/aromatic N) is 4. The van der Waals surface area contributed by atoms with Crippen molar-refractivity contribution in [3.8, 4) is 0 Å². The maximum absolute atomic E-state index is 12.6. The lowest BCUT2D eigenvalue weighted by Crippen LogP contribution is -2.29. The van der Waals surface area contributed by atoms with Gasteiger partial charge in [0.05, 0.1) is 12.2 Å². The van der Waals surface area contributed by atoms with E-state index in [1.807, 2.05) is 35.9 Å². The van der Waals surface area contributed by atoms with Gasteiger partial charge in [-0.3, -0.25) is 4.79 Å². The molecule has 1 fully saturated rings. The summed E-state index contributed by atoms with van der Waals surface area (Å²) in [6.07, 6.45) is 3.81. The van der Waals surface area contributed by atoms with Crippen LogP contribution in [0.3, 0.4) is 0 Å². The van der Waals surface area contributed by atoms with E-state index in [1.54, 1.807) is 18.1 Å². The van der Waals surface area contributed by atoms with Gasteiger partial charge in [0.2, 0.25) is 0 Å². The maximum Gasteiger partial charge on any atom is 0.280 e. The van der Waals surface area contributed by atoms with Gasteiger partial charge in [-0.05, 0) is 50.6 Å². The van der Waals surface area contributed by atoms with Crippen LogP contribution in [0.2, 0.25) is 0 Å². The largest absolute Gasteiger partial charge is 0.317 e. The third kappa shape index (κ3) is 3.89. The Balaban J connectivity index is 0.00000192. The number of nitrogens with one attached hydrogen (secondary N) is 1. The normalized spacial score (nSPS) is 15.0. The molecule has 1 saturated heterocycles. The average molecular weight is 336 g/mol. The number of aryl methyl sites for hydroxylation is 1. The Bertz CT molecular complexity index is 666.